The zero-order chi connectivity index (χ0) is 11.6. The quantitative estimate of drug-likeness (QED) is 0.325. The molecule has 0 saturated carbocycles. The van der Waals surface area contributed by atoms with Crippen molar-refractivity contribution < 1.29 is 18.6 Å². The van der Waals surface area contributed by atoms with Gasteiger partial charge in [0.1, 0.15) is 6.61 Å². The van der Waals surface area contributed by atoms with E-state index in [1.165, 1.54) is 0 Å². The number of hydrogen-bond donors (Lipinski definition) is 0. The lowest BCUT2D eigenvalue weighted by molar-refractivity contribution is -0.385. The van der Waals surface area contributed by atoms with E-state index < -0.39 is 15.7 Å². The van der Waals surface area contributed by atoms with Crippen LogP contribution in [0.3, 0.4) is 0 Å². The molecule has 5 heteroatoms. The van der Waals surface area contributed by atoms with Crippen LogP contribution in [0.25, 0.3) is 0 Å². The minimum Gasteiger partial charge on any atom is -0.416 e. The van der Waals surface area contributed by atoms with Crippen molar-refractivity contribution in [2.24, 2.45) is 0 Å². The lowest BCUT2D eigenvalue weighted by atomic mass is 10.5. The van der Waals surface area contributed by atoms with Crippen LogP contribution in [0.15, 0.2) is 0 Å². The van der Waals surface area contributed by atoms with E-state index in [2.05, 4.69) is 6.92 Å². The van der Waals surface area contributed by atoms with Crippen molar-refractivity contribution in [2.45, 2.75) is 39.7 Å². The first kappa shape index (κ1) is 15.1. The molecule has 0 bridgehead atoms. The molecular formula is C10H24O4Si. The normalized spacial score (nSPS) is 12.8. The molecule has 0 heterocycles. The molecule has 0 saturated heterocycles. The van der Waals surface area contributed by atoms with E-state index in [0.717, 1.165) is 6.04 Å². The third kappa shape index (κ3) is 6.27. The molecule has 0 rings (SSSR count). The van der Waals surface area contributed by atoms with Gasteiger partial charge >= 0.3 is 5.97 Å². The summed E-state index contributed by atoms with van der Waals surface area (Å²) in [6.07, 6.45) is 0. The SMILES string of the molecule is CCOC(CO[SiH2]CC)(OCC)OCC. The highest BCUT2D eigenvalue weighted by Gasteiger charge is 2.32. The van der Waals surface area contributed by atoms with E-state index in [9.17, 15) is 0 Å². The van der Waals surface area contributed by atoms with Crippen LogP contribution in [0.5, 0.6) is 0 Å². The van der Waals surface area contributed by atoms with Crippen LogP contribution >= 0.6 is 0 Å². The maximum atomic E-state index is 5.57. The summed E-state index contributed by atoms with van der Waals surface area (Å²) in [6, 6.07) is 1.11. The molecule has 15 heavy (non-hydrogen) atoms. The van der Waals surface area contributed by atoms with Gasteiger partial charge in [-0.3, -0.25) is 0 Å². The summed E-state index contributed by atoms with van der Waals surface area (Å²) in [6.45, 7) is 9.92. The number of ether oxygens (including phenoxy) is 3. The summed E-state index contributed by atoms with van der Waals surface area (Å²) in [5.74, 6) is -0.986. The van der Waals surface area contributed by atoms with E-state index in [1.807, 2.05) is 20.8 Å². The minimum absolute atomic E-state index is 0.378. The average molecular weight is 236 g/mol. The van der Waals surface area contributed by atoms with Gasteiger partial charge in [0, 0.05) is 19.8 Å². The minimum atomic E-state index is -0.986. The second-order valence-electron chi connectivity index (χ2n) is 3.03. The largest absolute Gasteiger partial charge is 0.416 e. The van der Waals surface area contributed by atoms with E-state index >= 15 is 0 Å². The van der Waals surface area contributed by atoms with E-state index in [0.29, 0.717) is 26.4 Å². The Bertz CT molecular complexity index is 126. The van der Waals surface area contributed by atoms with E-state index in [-0.39, 0.29) is 0 Å². The van der Waals surface area contributed by atoms with E-state index in [4.69, 9.17) is 18.6 Å². The molecule has 0 aromatic carbocycles. The Morgan fingerprint density at radius 3 is 1.67 bits per heavy atom. The van der Waals surface area contributed by atoms with Gasteiger partial charge in [0.2, 0.25) is 0 Å². The third-order valence-electron chi connectivity index (χ3n) is 1.72. The van der Waals surface area contributed by atoms with Crippen LogP contribution in [0.4, 0.5) is 0 Å². The van der Waals surface area contributed by atoms with Gasteiger partial charge in [-0.1, -0.05) is 6.92 Å². The average Bonchev–Trinajstić information content (AvgIpc) is 2.19. The second kappa shape index (κ2) is 9.29. The zero-order valence-electron chi connectivity index (χ0n) is 10.4. The lowest BCUT2D eigenvalue weighted by Crippen LogP contribution is -2.44. The van der Waals surface area contributed by atoms with Gasteiger partial charge < -0.3 is 18.6 Å². The second-order valence-corrected chi connectivity index (χ2v) is 4.85. The van der Waals surface area contributed by atoms with E-state index in [1.54, 1.807) is 0 Å². The zero-order valence-corrected chi connectivity index (χ0v) is 11.8. The number of hydrogen-bond acceptors (Lipinski definition) is 4. The van der Waals surface area contributed by atoms with Gasteiger partial charge in [0.15, 0.2) is 9.76 Å². The molecule has 0 aliphatic rings. The molecule has 0 radical (unpaired) electrons. The third-order valence-corrected chi connectivity index (χ3v) is 2.62. The van der Waals surface area contributed by atoms with Crippen molar-refractivity contribution in [3.05, 3.63) is 0 Å². The smallest absolute Gasteiger partial charge is 0.306 e. The van der Waals surface area contributed by atoms with Crippen LogP contribution in [0, 0.1) is 0 Å². The molecule has 0 aliphatic carbocycles. The highest BCUT2D eigenvalue weighted by molar-refractivity contribution is 6.26. The first-order chi connectivity index (χ1) is 7.24. The Morgan fingerprint density at radius 2 is 1.33 bits per heavy atom. The lowest BCUT2D eigenvalue weighted by Gasteiger charge is -2.32. The maximum Gasteiger partial charge on any atom is 0.306 e. The molecule has 0 unspecified atom stereocenters. The molecule has 4 nitrogen and oxygen atoms in total. The fraction of sp³-hybridized carbons (Fsp3) is 1.00. The predicted molar refractivity (Wildman–Crippen MR) is 62.6 cm³/mol. The highest BCUT2D eigenvalue weighted by atomic mass is 28.2. The summed E-state index contributed by atoms with van der Waals surface area (Å²) in [5.41, 5.74) is 0. The Labute approximate surface area is 95.2 Å². The molecule has 0 fully saturated rings. The fourth-order valence-corrected chi connectivity index (χ4v) is 1.93. The molecular weight excluding hydrogens is 212 g/mol. The van der Waals surface area contributed by atoms with Crippen molar-refractivity contribution >= 4 is 9.76 Å². The van der Waals surface area contributed by atoms with Gasteiger partial charge in [-0.25, -0.2) is 0 Å². The van der Waals surface area contributed by atoms with Gasteiger partial charge in [0.05, 0.1) is 0 Å². The topological polar surface area (TPSA) is 36.9 Å². The van der Waals surface area contributed by atoms with Gasteiger partial charge in [0.25, 0.3) is 0 Å². The summed E-state index contributed by atoms with van der Waals surface area (Å²) >= 11 is 0. The standard InChI is InChI=1S/C10H24O4Si/c1-5-11-10(12-6-2,13-7-3)9-14-15-8-4/h5-9,15H2,1-4H3. The summed E-state index contributed by atoms with van der Waals surface area (Å²) in [4.78, 5) is 0. The summed E-state index contributed by atoms with van der Waals surface area (Å²) in [7, 11) is -0.449. The maximum absolute atomic E-state index is 5.57. The van der Waals surface area contributed by atoms with Gasteiger partial charge in [-0.05, 0) is 26.8 Å². The molecule has 0 amide bonds. The van der Waals surface area contributed by atoms with Gasteiger partial charge in [-0.15, -0.1) is 0 Å². The van der Waals surface area contributed by atoms with Gasteiger partial charge in [-0.2, -0.15) is 0 Å². The monoisotopic (exact) mass is 236 g/mol. The first-order valence-electron chi connectivity index (χ1n) is 5.74. The van der Waals surface area contributed by atoms with Crippen molar-refractivity contribution in [3.8, 4) is 0 Å². The van der Waals surface area contributed by atoms with Crippen molar-refractivity contribution in [1.29, 1.82) is 0 Å². The molecule has 92 valence electrons. The van der Waals surface area contributed by atoms with Crippen LogP contribution < -0.4 is 0 Å². The molecule has 0 N–H and O–H groups in total. The molecule has 0 aliphatic heterocycles. The number of rotatable bonds is 10. The van der Waals surface area contributed by atoms with Crippen molar-refractivity contribution in [1.82, 2.24) is 0 Å². The summed E-state index contributed by atoms with van der Waals surface area (Å²) in [5, 5.41) is 0. The van der Waals surface area contributed by atoms with Crippen LogP contribution in [0.2, 0.25) is 6.04 Å². The Hall–Kier alpha value is 0.0569. The summed E-state index contributed by atoms with van der Waals surface area (Å²) < 4.78 is 22.1. The van der Waals surface area contributed by atoms with Crippen molar-refractivity contribution in [3.63, 3.8) is 0 Å². The fourth-order valence-electron chi connectivity index (χ4n) is 1.25. The van der Waals surface area contributed by atoms with Crippen LogP contribution in [0.1, 0.15) is 27.7 Å². The first-order valence-corrected chi connectivity index (χ1v) is 7.32. The Kier molecular flexibility index (Phi) is 9.33. The Morgan fingerprint density at radius 1 is 0.867 bits per heavy atom. The predicted octanol–water partition coefficient (Wildman–Crippen LogP) is 1.29. The molecule has 0 atom stereocenters. The Balaban J connectivity index is 4.18. The van der Waals surface area contributed by atoms with Crippen LogP contribution in [-0.4, -0.2) is 42.2 Å². The van der Waals surface area contributed by atoms with Crippen LogP contribution in [-0.2, 0) is 18.6 Å². The van der Waals surface area contributed by atoms with Crippen molar-refractivity contribution in [2.75, 3.05) is 26.4 Å². The molecule has 0 aromatic rings. The molecule has 0 spiro atoms. The highest BCUT2D eigenvalue weighted by Crippen LogP contribution is 2.16. The molecule has 0 aromatic heterocycles.